The number of amides is 2. The molecule has 1 fully saturated rings. The number of hydrogen-bond donors (Lipinski definition) is 2. The van der Waals surface area contributed by atoms with Crippen LogP contribution in [0.2, 0.25) is 0 Å². The Bertz CT molecular complexity index is 262. The molecule has 92 valence electrons. The van der Waals surface area contributed by atoms with Crippen molar-refractivity contribution >= 4 is 12.0 Å². The van der Waals surface area contributed by atoms with Crippen LogP contribution >= 0.6 is 0 Å². The van der Waals surface area contributed by atoms with Gasteiger partial charge in [0, 0.05) is 19.6 Å². The Balaban J connectivity index is 2.07. The molecule has 1 rings (SSSR count). The normalized spacial score (nSPS) is 16.1. The molecule has 6 nitrogen and oxygen atoms in total. The van der Waals surface area contributed by atoms with Gasteiger partial charge in [0.15, 0.2) is 0 Å². The number of carboxylic acid groups (broad SMARTS) is 1. The second kappa shape index (κ2) is 5.69. The lowest BCUT2D eigenvalue weighted by atomic mass is 10.0. The van der Waals surface area contributed by atoms with E-state index in [2.05, 4.69) is 10.2 Å². The van der Waals surface area contributed by atoms with Gasteiger partial charge in [0.05, 0.1) is 5.92 Å². The van der Waals surface area contributed by atoms with Gasteiger partial charge in [0.1, 0.15) is 0 Å². The van der Waals surface area contributed by atoms with Crippen molar-refractivity contribution in [1.82, 2.24) is 15.1 Å². The number of carbonyl (C=O) groups is 2. The summed E-state index contributed by atoms with van der Waals surface area (Å²) in [5, 5.41) is 11.4. The highest BCUT2D eigenvalue weighted by Gasteiger charge is 2.35. The average molecular weight is 229 g/mol. The zero-order valence-electron chi connectivity index (χ0n) is 9.77. The van der Waals surface area contributed by atoms with E-state index in [4.69, 9.17) is 5.11 Å². The van der Waals surface area contributed by atoms with E-state index >= 15 is 0 Å². The van der Waals surface area contributed by atoms with Gasteiger partial charge in [0.2, 0.25) is 0 Å². The topological polar surface area (TPSA) is 72.9 Å². The molecular weight excluding hydrogens is 210 g/mol. The first-order valence-electron chi connectivity index (χ1n) is 5.41. The van der Waals surface area contributed by atoms with Crippen molar-refractivity contribution < 1.29 is 14.7 Å². The molecule has 6 heteroatoms. The van der Waals surface area contributed by atoms with Gasteiger partial charge in [-0.15, -0.1) is 0 Å². The summed E-state index contributed by atoms with van der Waals surface area (Å²) < 4.78 is 0. The van der Waals surface area contributed by atoms with Crippen molar-refractivity contribution in [1.29, 1.82) is 0 Å². The smallest absolute Gasteiger partial charge is 0.317 e. The fourth-order valence-corrected chi connectivity index (χ4v) is 1.50. The van der Waals surface area contributed by atoms with E-state index < -0.39 is 5.97 Å². The molecule has 0 aliphatic carbocycles. The molecule has 1 aliphatic rings. The van der Waals surface area contributed by atoms with Crippen LogP contribution < -0.4 is 5.32 Å². The highest BCUT2D eigenvalue weighted by molar-refractivity contribution is 5.79. The van der Waals surface area contributed by atoms with E-state index in [1.165, 1.54) is 4.90 Å². The molecule has 0 spiro atoms. The van der Waals surface area contributed by atoms with Gasteiger partial charge in [-0.1, -0.05) is 0 Å². The van der Waals surface area contributed by atoms with Crippen LogP contribution in [0.15, 0.2) is 0 Å². The van der Waals surface area contributed by atoms with E-state index in [0.29, 0.717) is 19.6 Å². The van der Waals surface area contributed by atoms with Gasteiger partial charge in [-0.3, -0.25) is 4.79 Å². The van der Waals surface area contributed by atoms with Gasteiger partial charge < -0.3 is 20.2 Å². The van der Waals surface area contributed by atoms with Crippen LogP contribution in [0.1, 0.15) is 6.42 Å². The minimum absolute atomic E-state index is 0.156. The summed E-state index contributed by atoms with van der Waals surface area (Å²) in [5.41, 5.74) is 0. The van der Waals surface area contributed by atoms with Crippen LogP contribution in [0.3, 0.4) is 0 Å². The molecule has 0 bridgehead atoms. The molecule has 0 aromatic rings. The van der Waals surface area contributed by atoms with Gasteiger partial charge in [-0.25, -0.2) is 4.79 Å². The van der Waals surface area contributed by atoms with E-state index in [1.54, 1.807) is 0 Å². The molecule has 0 unspecified atom stereocenters. The summed E-state index contributed by atoms with van der Waals surface area (Å²) >= 11 is 0. The third kappa shape index (κ3) is 3.69. The summed E-state index contributed by atoms with van der Waals surface area (Å²) in [6.45, 7) is 2.22. The van der Waals surface area contributed by atoms with Crippen molar-refractivity contribution in [2.75, 3.05) is 40.3 Å². The molecule has 16 heavy (non-hydrogen) atoms. The van der Waals surface area contributed by atoms with Crippen LogP contribution in [-0.4, -0.2) is 67.2 Å². The minimum atomic E-state index is -0.823. The number of rotatable bonds is 5. The standard InChI is InChI=1S/C10H19N3O3/c1-12(2)5-3-4-11-10(16)13-6-8(7-13)9(14)15/h8H,3-7H2,1-2H3,(H,11,16)(H,14,15). The van der Waals surface area contributed by atoms with E-state index in [1.807, 2.05) is 14.1 Å². The largest absolute Gasteiger partial charge is 0.481 e. The maximum atomic E-state index is 11.4. The number of hydrogen-bond acceptors (Lipinski definition) is 3. The lowest BCUT2D eigenvalue weighted by molar-refractivity contribution is -0.146. The first kappa shape index (κ1) is 12.8. The van der Waals surface area contributed by atoms with Crippen LogP contribution in [0.5, 0.6) is 0 Å². The fourth-order valence-electron chi connectivity index (χ4n) is 1.50. The Morgan fingerprint density at radius 1 is 1.44 bits per heavy atom. The lowest BCUT2D eigenvalue weighted by Gasteiger charge is -2.36. The summed E-state index contributed by atoms with van der Waals surface area (Å²) in [7, 11) is 3.96. The van der Waals surface area contributed by atoms with Crippen molar-refractivity contribution in [3.05, 3.63) is 0 Å². The molecule has 0 aromatic carbocycles. The van der Waals surface area contributed by atoms with Crippen molar-refractivity contribution in [2.45, 2.75) is 6.42 Å². The SMILES string of the molecule is CN(C)CCCNC(=O)N1CC(C(=O)O)C1. The molecule has 0 aromatic heterocycles. The minimum Gasteiger partial charge on any atom is -0.481 e. The maximum absolute atomic E-state index is 11.4. The first-order chi connectivity index (χ1) is 7.50. The molecule has 0 radical (unpaired) electrons. The van der Waals surface area contributed by atoms with Gasteiger partial charge >= 0.3 is 12.0 Å². The lowest BCUT2D eigenvalue weighted by Crippen LogP contribution is -2.56. The third-order valence-corrected chi connectivity index (χ3v) is 2.58. The van der Waals surface area contributed by atoms with Crippen molar-refractivity contribution in [3.8, 4) is 0 Å². The predicted molar refractivity (Wildman–Crippen MR) is 59.3 cm³/mol. The van der Waals surface area contributed by atoms with Gasteiger partial charge in [-0.2, -0.15) is 0 Å². The van der Waals surface area contributed by atoms with Crippen LogP contribution in [0.4, 0.5) is 4.79 Å². The number of likely N-dealkylation sites (tertiary alicyclic amines) is 1. The summed E-state index contributed by atoms with van der Waals surface area (Å²) in [4.78, 5) is 25.5. The second-order valence-corrected chi connectivity index (χ2v) is 4.33. The Hall–Kier alpha value is -1.30. The maximum Gasteiger partial charge on any atom is 0.317 e. The number of urea groups is 1. The molecule has 2 amide bonds. The Kier molecular flexibility index (Phi) is 4.54. The molecular formula is C10H19N3O3. The van der Waals surface area contributed by atoms with E-state index in [9.17, 15) is 9.59 Å². The Morgan fingerprint density at radius 3 is 2.56 bits per heavy atom. The quantitative estimate of drug-likeness (QED) is 0.633. The summed E-state index contributed by atoms with van der Waals surface area (Å²) in [6.07, 6.45) is 0.898. The first-order valence-corrected chi connectivity index (χ1v) is 5.41. The average Bonchev–Trinajstić information content (AvgIpc) is 2.08. The molecule has 0 atom stereocenters. The number of aliphatic carboxylic acids is 1. The van der Waals surface area contributed by atoms with Gasteiger partial charge in [0.25, 0.3) is 0 Å². The molecule has 0 saturated carbocycles. The molecule has 2 N–H and O–H groups in total. The predicted octanol–water partition coefficient (Wildman–Crippen LogP) is -0.336. The fraction of sp³-hybridized carbons (Fsp3) is 0.800. The third-order valence-electron chi connectivity index (χ3n) is 2.58. The van der Waals surface area contributed by atoms with Crippen LogP contribution in [0.25, 0.3) is 0 Å². The number of carboxylic acids is 1. The van der Waals surface area contributed by atoms with E-state index in [0.717, 1.165) is 13.0 Å². The highest BCUT2D eigenvalue weighted by atomic mass is 16.4. The Morgan fingerprint density at radius 2 is 2.06 bits per heavy atom. The van der Waals surface area contributed by atoms with Crippen molar-refractivity contribution in [2.24, 2.45) is 5.92 Å². The number of carbonyl (C=O) groups excluding carboxylic acids is 1. The highest BCUT2D eigenvalue weighted by Crippen LogP contribution is 2.14. The monoisotopic (exact) mass is 229 g/mol. The van der Waals surface area contributed by atoms with Crippen LogP contribution in [0, 0.1) is 5.92 Å². The summed E-state index contributed by atoms with van der Waals surface area (Å²) in [5.74, 6) is -1.20. The number of nitrogens with one attached hydrogen (secondary N) is 1. The van der Waals surface area contributed by atoms with Crippen LogP contribution in [-0.2, 0) is 4.79 Å². The van der Waals surface area contributed by atoms with Crippen molar-refractivity contribution in [3.63, 3.8) is 0 Å². The second-order valence-electron chi connectivity index (χ2n) is 4.33. The van der Waals surface area contributed by atoms with Gasteiger partial charge in [-0.05, 0) is 27.1 Å². The molecule has 1 aliphatic heterocycles. The summed E-state index contributed by atoms with van der Waals surface area (Å²) in [6, 6.07) is -0.156. The number of nitrogens with zero attached hydrogens (tertiary/aromatic N) is 2. The Labute approximate surface area is 95.2 Å². The molecule has 1 heterocycles. The zero-order valence-corrected chi connectivity index (χ0v) is 9.77. The van der Waals surface area contributed by atoms with E-state index in [-0.39, 0.29) is 11.9 Å². The molecule has 1 saturated heterocycles. The zero-order chi connectivity index (χ0) is 12.1.